The largest absolute Gasteiger partial charge is 0.486 e. The van der Waals surface area contributed by atoms with Gasteiger partial charge in [0.15, 0.2) is 5.78 Å². The minimum atomic E-state index is -0.891. The van der Waals surface area contributed by atoms with Crippen LogP contribution in [0.5, 0.6) is 5.75 Å². The van der Waals surface area contributed by atoms with Gasteiger partial charge >= 0.3 is 5.97 Å². The minimum absolute atomic E-state index is 0.00703. The van der Waals surface area contributed by atoms with Crippen LogP contribution in [0.2, 0.25) is 0 Å². The monoisotopic (exact) mass is 476 g/mol. The lowest BCUT2D eigenvalue weighted by atomic mass is 9.95. The summed E-state index contributed by atoms with van der Waals surface area (Å²) in [5, 5.41) is 8.77. The number of Topliss-reactive ketones (excluding diaryl/α,β-unsaturated/α-hetero) is 1. The highest BCUT2D eigenvalue weighted by molar-refractivity contribution is 5.96. The average molecular weight is 477 g/mol. The van der Waals surface area contributed by atoms with Crippen LogP contribution in [0, 0.1) is 25.6 Å². The van der Waals surface area contributed by atoms with Crippen LogP contribution in [0.3, 0.4) is 0 Å². The molecule has 0 spiro atoms. The summed E-state index contributed by atoms with van der Waals surface area (Å²) in [4.78, 5) is 23.1. The minimum Gasteiger partial charge on any atom is -0.486 e. The molecule has 5 heteroatoms. The SMILES string of the molecule is Cc1cc(OC(CC(C)C)c2ccc(C(=O)CCCC(=O)O)cc2)cc(C)c1-c1ccc(F)cc1. The third kappa shape index (κ3) is 7.25. The third-order valence-corrected chi connectivity index (χ3v) is 6.00. The quantitative estimate of drug-likeness (QED) is 0.288. The Labute approximate surface area is 206 Å². The van der Waals surface area contributed by atoms with Gasteiger partial charge in [0, 0.05) is 18.4 Å². The van der Waals surface area contributed by atoms with Gasteiger partial charge in [0.25, 0.3) is 0 Å². The molecule has 0 heterocycles. The number of carbonyl (C=O) groups excluding carboxylic acids is 1. The Balaban J connectivity index is 1.79. The van der Waals surface area contributed by atoms with Crippen molar-refractivity contribution < 1.29 is 23.8 Å². The molecule has 1 N–H and O–H groups in total. The van der Waals surface area contributed by atoms with Crippen molar-refractivity contribution in [3.8, 4) is 16.9 Å². The predicted molar refractivity (Wildman–Crippen MR) is 136 cm³/mol. The second-order valence-electron chi connectivity index (χ2n) is 9.47. The van der Waals surface area contributed by atoms with Crippen LogP contribution >= 0.6 is 0 Å². The fourth-order valence-corrected chi connectivity index (χ4v) is 4.34. The molecule has 0 radical (unpaired) electrons. The summed E-state index contributed by atoms with van der Waals surface area (Å²) in [7, 11) is 0. The van der Waals surface area contributed by atoms with E-state index in [1.54, 1.807) is 24.3 Å². The van der Waals surface area contributed by atoms with Crippen molar-refractivity contribution in [1.82, 2.24) is 0 Å². The van der Waals surface area contributed by atoms with Crippen LogP contribution in [-0.2, 0) is 4.79 Å². The van der Waals surface area contributed by atoms with E-state index in [0.717, 1.165) is 40.0 Å². The van der Waals surface area contributed by atoms with E-state index in [0.29, 0.717) is 17.9 Å². The maximum atomic E-state index is 13.4. The summed E-state index contributed by atoms with van der Waals surface area (Å²) in [6.45, 7) is 8.34. The number of carboxylic acid groups (broad SMARTS) is 1. The summed E-state index contributed by atoms with van der Waals surface area (Å²) < 4.78 is 19.8. The zero-order valence-corrected chi connectivity index (χ0v) is 20.8. The molecule has 0 aromatic heterocycles. The summed E-state index contributed by atoms with van der Waals surface area (Å²) in [6.07, 6.45) is 1.18. The van der Waals surface area contributed by atoms with Crippen molar-refractivity contribution >= 4 is 11.8 Å². The van der Waals surface area contributed by atoms with E-state index in [-0.39, 0.29) is 30.5 Å². The number of benzene rings is 3. The second-order valence-corrected chi connectivity index (χ2v) is 9.47. The van der Waals surface area contributed by atoms with Crippen LogP contribution in [0.25, 0.3) is 11.1 Å². The third-order valence-electron chi connectivity index (χ3n) is 6.00. The van der Waals surface area contributed by atoms with Crippen molar-refractivity contribution in [2.24, 2.45) is 5.92 Å². The Hall–Kier alpha value is -3.47. The first-order chi connectivity index (χ1) is 16.6. The van der Waals surface area contributed by atoms with Crippen LogP contribution in [0.15, 0.2) is 60.7 Å². The standard InChI is InChI=1S/C30H33FO4/c1-19(2)16-28(23-10-8-22(9-11-23)27(32)6-5-7-29(33)34)35-26-17-20(3)30(21(4)18-26)24-12-14-25(31)15-13-24/h8-15,17-19,28H,5-7,16H2,1-4H3,(H,33,34). The lowest BCUT2D eigenvalue weighted by Gasteiger charge is -2.23. The Kier molecular flexibility index (Phi) is 8.80. The molecule has 3 aromatic carbocycles. The summed E-state index contributed by atoms with van der Waals surface area (Å²) in [5.74, 6) is -0.0309. The van der Waals surface area contributed by atoms with E-state index in [1.165, 1.54) is 12.1 Å². The fraction of sp³-hybridized carbons (Fsp3) is 0.333. The second kappa shape index (κ2) is 11.8. The molecular weight excluding hydrogens is 443 g/mol. The van der Waals surface area contributed by atoms with Gasteiger partial charge in [-0.15, -0.1) is 0 Å². The number of carbonyl (C=O) groups is 2. The molecule has 0 aliphatic rings. The first kappa shape index (κ1) is 26.1. The Morgan fingerprint density at radius 2 is 1.51 bits per heavy atom. The first-order valence-corrected chi connectivity index (χ1v) is 12.0. The Morgan fingerprint density at radius 3 is 2.06 bits per heavy atom. The van der Waals surface area contributed by atoms with Crippen molar-refractivity contribution in [2.45, 2.75) is 59.5 Å². The summed E-state index contributed by atoms with van der Waals surface area (Å²) in [5.41, 5.74) is 5.71. The molecule has 0 saturated carbocycles. The fourth-order valence-electron chi connectivity index (χ4n) is 4.34. The molecule has 184 valence electrons. The van der Waals surface area contributed by atoms with Gasteiger partial charge < -0.3 is 9.84 Å². The predicted octanol–water partition coefficient (Wildman–Crippen LogP) is 7.71. The topological polar surface area (TPSA) is 63.6 Å². The molecule has 0 aliphatic carbocycles. The molecule has 3 rings (SSSR count). The van der Waals surface area contributed by atoms with Crippen molar-refractivity contribution in [2.75, 3.05) is 0 Å². The molecule has 0 fully saturated rings. The van der Waals surface area contributed by atoms with Gasteiger partial charge in [0.2, 0.25) is 0 Å². The van der Waals surface area contributed by atoms with Crippen LogP contribution in [0.1, 0.15) is 72.7 Å². The van der Waals surface area contributed by atoms with Crippen molar-refractivity contribution in [1.29, 1.82) is 0 Å². The molecule has 0 amide bonds. The lowest BCUT2D eigenvalue weighted by Crippen LogP contribution is -2.11. The number of ketones is 1. The lowest BCUT2D eigenvalue weighted by molar-refractivity contribution is -0.137. The molecule has 0 bridgehead atoms. The van der Waals surface area contributed by atoms with Crippen LogP contribution < -0.4 is 4.74 Å². The van der Waals surface area contributed by atoms with Crippen molar-refractivity contribution in [3.63, 3.8) is 0 Å². The highest BCUT2D eigenvalue weighted by atomic mass is 19.1. The maximum absolute atomic E-state index is 13.4. The highest BCUT2D eigenvalue weighted by Gasteiger charge is 2.18. The molecule has 1 atom stereocenters. The van der Waals surface area contributed by atoms with Crippen LogP contribution in [-0.4, -0.2) is 16.9 Å². The first-order valence-electron chi connectivity index (χ1n) is 12.0. The molecule has 1 unspecified atom stereocenters. The van der Waals surface area contributed by atoms with Gasteiger partial charge in [-0.25, -0.2) is 4.39 Å². The average Bonchev–Trinajstić information content (AvgIpc) is 2.79. The number of hydrogen-bond acceptors (Lipinski definition) is 3. The molecule has 0 saturated heterocycles. The van der Waals surface area contributed by atoms with E-state index in [1.807, 2.05) is 38.1 Å². The maximum Gasteiger partial charge on any atom is 0.303 e. The number of carboxylic acids is 1. The molecule has 3 aromatic rings. The zero-order chi connectivity index (χ0) is 25.5. The van der Waals surface area contributed by atoms with Gasteiger partial charge in [-0.1, -0.05) is 50.2 Å². The summed E-state index contributed by atoms with van der Waals surface area (Å²) >= 11 is 0. The summed E-state index contributed by atoms with van der Waals surface area (Å²) in [6, 6.07) is 18.0. The Morgan fingerprint density at radius 1 is 0.914 bits per heavy atom. The van der Waals surface area contributed by atoms with Crippen LogP contribution in [0.4, 0.5) is 4.39 Å². The van der Waals surface area contributed by atoms with E-state index >= 15 is 0 Å². The Bertz CT molecular complexity index is 1140. The number of aliphatic carboxylic acids is 1. The van der Waals surface area contributed by atoms with E-state index in [4.69, 9.17) is 9.84 Å². The van der Waals surface area contributed by atoms with Gasteiger partial charge in [-0.05, 0) is 84.7 Å². The molecular formula is C30H33FO4. The smallest absolute Gasteiger partial charge is 0.303 e. The number of hydrogen-bond donors (Lipinski definition) is 1. The number of rotatable bonds is 11. The van der Waals surface area contributed by atoms with Crippen molar-refractivity contribution in [3.05, 3.63) is 88.7 Å². The van der Waals surface area contributed by atoms with Gasteiger partial charge in [0.1, 0.15) is 17.7 Å². The normalized spacial score (nSPS) is 11.9. The van der Waals surface area contributed by atoms with E-state index < -0.39 is 5.97 Å². The molecule has 0 aliphatic heterocycles. The van der Waals surface area contributed by atoms with E-state index in [2.05, 4.69) is 13.8 Å². The van der Waals surface area contributed by atoms with Gasteiger partial charge in [-0.3, -0.25) is 9.59 Å². The van der Waals surface area contributed by atoms with E-state index in [9.17, 15) is 14.0 Å². The van der Waals surface area contributed by atoms with Gasteiger partial charge in [-0.2, -0.15) is 0 Å². The van der Waals surface area contributed by atoms with Gasteiger partial charge in [0.05, 0.1) is 0 Å². The highest BCUT2D eigenvalue weighted by Crippen LogP contribution is 2.34. The molecule has 35 heavy (non-hydrogen) atoms. The molecule has 4 nitrogen and oxygen atoms in total. The number of halogens is 1. The number of aryl methyl sites for hydroxylation is 2. The number of ether oxygens (including phenoxy) is 1. The zero-order valence-electron chi connectivity index (χ0n) is 20.8.